The number of ketones is 1. The summed E-state index contributed by atoms with van der Waals surface area (Å²) in [4.78, 5) is 20.0. The van der Waals surface area contributed by atoms with Gasteiger partial charge in [-0.1, -0.05) is 42.5 Å². The third-order valence-electron chi connectivity index (χ3n) is 4.53. The summed E-state index contributed by atoms with van der Waals surface area (Å²) in [6.07, 6.45) is 0. The molecule has 0 fully saturated rings. The number of aromatic amines is 1. The van der Waals surface area contributed by atoms with Crippen molar-refractivity contribution < 1.29 is 13.6 Å². The van der Waals surface area contributed by atoms with Gasteiger partial charge in [0, 0.05) is 34.4 Å². The number of rotatable bonds is 1. The molecule has 25 heavy (non-hydrogen) atoms. The highest BCUT2D eigenvalue weighted by molar-refractivity contribution is 6.23. The zero-order valence-corrected chi connectivity index (χ0v) is 12.8. The van der Waals surface area contributed by atoms with Crippen LogP contribution in [0.5, 0.6) is 0 Å². The Balaban J connectivity index is 1.80. The zero-order valence-electron chi connectivity index (χ0n) is 12.8. The quantitative estimate of drug-likeness (QED) is 0.483. The van der Waals surface area contributed by atoms with Crippen molar-refractivity contribution >= 4 is 16.8 Å². The van der Waals surface area contributed by atoms with Gasteiger partial charge in [-0.2, -0.15) is 0 Å². The number of fused-ring (bicyclic) bond motifs is 4. The van der Waals surface area contributed by atoms with Gasteiger partial charge in [0.1, 0.15) is 5.82 Å². The number of nitrogens with one attached hydrogen (secondary N) is 1. The van der Waals surface area contributed by atoms with Crippen molar-refractivity contribution in [2.24, 2.45) is 0 Å². The molecule has 3 nitrogen and oxygen atoms in total. The lowest BCUT2D eigenvalue weighted by atomic mass is 9.99. The van der Waals surface area contributed by atoms with E-state index >= 15 is 0 Å². The molecule has 1 aliphatic rings. The molecule has 1 heterocycles. The van der Waals surface area contributed by atoms with E-state index in [4.69, 9.17) is 0 Å². The summed E-state index contributed by atoms with van der Waals surface area (Å²) in [5.74, 6) is -1.42. The van der Waals surface area contributed by atoms with Gasteiger partial charge in [0.15, 0.2) is 17.4 Å². The Morgan fingerprint density at radius 1 is 0.800 bits per heavy atom. The summed E-state index contributed by atoms with van der Waals surface area (Å²) < 4.78 is 26.9. The summed E-state index contributed by atoms with van der Waals surface area (Å²) in [7, 11) is 0. The van der Waals surface area contributed by atoms with Crippen LogP contribution in [0.3, 0.4) is 0 Å². The van der Waals surface area contributed by atoms with Crippen molar-refractivity contribution in [3.8, 4) is 22.5 Å². The predicted octanol–water partition coefficient (Wildman–Crippen LogP) is 4.72. The van der Waals surface area contributed by atoms with Gasteiger partial charge < -0.3 is 4.98 Å². The summed E-state index contributed by atoms with van der Waals surface area (Å²) in [5, 5.41) is 0. The van der Waals surface area contributed by atoms with Gasteiger partial charge in [-0.05, 0) is 5.56 Å². The van der Waals surface area contributed by atoms with Crippen LogP contribution in [0, 0.1) is 11.6 Å². The lowest BCUT2D eigenvalue weighted by Gasteiger charge is -2.06. The minimum absolute atomic E-state index is 0.0272. The van der Waals surface area contributed by atoms with E-state index in [0.717, 1.165) is 28.8 Å². The standard InChI is InChI=1S/C20H10F2N2O/c21-14-8-16-17(9-15(14)22)24-20(23-16)13-7-3-6-12-18(13)10-4-1-2-5-11(10)19(12)25/h1-9H,(H,23,24). The largest absolute Gasteiger partial charge is 0.338 e. The molecule has 3 aromatic carbocycles. The van der Waals surface area contributed by atoms with Crippen molar-refractivity contribution in [3.63, 3.8) is 0 Å². The Labute approximate surface area is 141 Å². The maximum atomic E-state index is 13.5. The number of imidazole rings is 1. The maximum absolute atomic E-state index is 13.5. The average Bonchev–Trinajstić information content (AvgIpc) is 3.15. The number of aromatic nitrogens is 2. The Kier molecular flexibility index (Phi) is 2.71. The SMILES string of the molecule is O=C1c2ccccc2-c2c1cccc2-c1nc2cc(F)c(F)cc2[nH]1. The van der Waals surface area contributed by atoms with Crippen molar-refractivity contribution in [1.82, 2.24) is 9.97 Å². The molecule has 0 spiro atoms. The van der Waals surface area contributed by atoms with Gasteiger partial charge >= 0.3 is 0 Å². The number of nitrogens with zero attached hydrogens (tertiary/aromatic N) is 1. The van der Waals surface area contributed by atoms with E-state index in [1.54, 1.807) is 18.2 Å². The first-order valence-electron chi connectivity index (χ1n) is 7.76. The minimum Gasteiger partial charge on any atom is -0.338 e. The highest BCUT2D eigenvalue weighted by Crippen LogP contribution is 2.42. The Morgan fingerprint density at radius 3 is 2.32 bits per heavy atom. The van der Waals surface area contributed by atoms with Gasteiger partial charge in [-0.25, -0.2) is 13.8 Å². The molecule has 1 aliphatic carbocycles. The first-order valence-corrected chi connectivity index (χ1v) is 7.76. The van der Waals surface area contributed by atoms with Crippen molar-refractivity contribution in [3.05, 3.63) is 77.4 Å². The normalized spacial score (nSPS) is 12.5. The smallest absolute Gasteiger partial charge is 0.194 e. The van der Waals surface area contributed by atoms with E-state index in [9.17, 15) is 13.6 Å². The fourth-order valence-electron chi connectivity index (χ4n) is 3.41. The van der Waals surface area contributed by atoms with E-state index in [0.29, 0.717) is 28.0 Å². The number of hydrogen-bond acceptors (Lipinski definition) is 2. The first kappa shape index (κ1) is 14.0. The van der Waals surface area contributed by atoms with E-state index in [1.807, 2.05) is 24.3 Å². The molecule has 0 aliphatic heterocycles. The Hall–Kier alpha value is -3.34. The average molecular weight is 332 g/mol. The fourth-order valence-corrected chi connectivity index (χ4v) is 3.41. The Morgan fingerprint density at radius 2 is 1.48 bits per heavy atom. The minimum atomic E-state index is -0.940. The number of halogens is 2. The first-order chi connectivity index (χ1) is 12.1. The molecular formula is C20H10F2N2O. The lowest BCUT2D eigenvalue weighted by molar-refractivity contribution is 0.104. The van der Waals surface area contributed by atoms with Crippen LogP contribution in [0.1, 0.15) is 15.9 Å². The van der Waals surface area contributed by atoms with Crippen LogP contribution in [-0.4, -0.2) is 15.8 Å². The van der Waals surface area contributed by atoms with Gasteiger partial charge in [-0.15, -0.1) is 0 Å². The fraction of sp³-hybridized carbons (Fsp3) is 0. The molecule has 1 aromatic heterocycles. The molecule has 5 rings (SSSR count). The molecule has 4 aromatic rings. The number of carbonyl (C=O) groups excluding carboxylic acids is 1. The van der Waals surface area contributed by atoms with Crippen molar-refractivity contribution in [2.45, 2.75) is 0 Å². The molecule has 1 N–H and O–H groups in total. The monoisotopic (exact) mass is 332 g/mol. The molecule has 0 radical (unpaired) electrons. The van der Waals surface area contributed by atoms with Crippen LogP contribution in [0.25, 0.3) is 33.5 Å². The summed E-state index contributed by atoms with van der Waals surface area (Å²) in [5.41, 5.74) is 4.37. The van der Waals surface area contributed by atoms with E-state index in [2.05, 4.69) is 9.97 Å². The highest BCUT2D eigenvalue weighted by Gasteiger charge is 2.29. The van der Waals surface area contributed by atoms with Crippen molar-refractivity contribution in [1.29, 1.82) is 0 Å². The molecule has 0 unspecified atom stereocenters. The van der Waals surface area contributed by atoms with E-state index in [1.165, 1.54) is 0 Å². The summed E-state index contributed by atoms with van der Waals surface area (Å²) >= 11 is 0. The second-order valence-electron chi connectivity index (χ2n) is 5.97. The van der Waals surface area contributed by atoms with Crippen LogP contribution >= 0.6 is 0 Å². The topological polar surface area (TPSA) is 45.8 Å². The third-order valence-corrected chi connectivity index (χ3v) is 4.53. The lowest BCUT2D eigenvalue weighted by Crippen LogP contribution is -1.94. The van der Waals surface area contributed by atoms with Gasteiger partial charge in [0.05, 0.1) is 11.0 Å². The number of hydrogen-bond donors (Lipinski definition) is 1. The molecule has 0 amide bonds. The van der Waals surface area contributed by atoms with Crippen LogP contribution in [-0.2, 0) is 0 Å². The maximum Gasteiger partial charge on any atom is 0.194 e. The molecule has 5 heteroatoms. The summed E-state index contributed by atoms with van der Waals surface area (Å²) in [6, 6.07) is 15.0. The van der Waals surface area contributed by atoms with Crippen LogP contribution < -0.4 is 0 Å². The van der Waals surface area contributed by atoms with Gasteiger partial charge in [0.25, 0.3) is 0 Å². The van der Waals surface area contributed by atoms with Gasteiger partial charge in [-0.3, -0.25) is 4.79 Å². The number of carbonyl (C=O) groups is 1. The number of H-pyrrole nitrogens is 1. The van der Waals surface area contributed by atoms with Gasteiger partial charge in [0.2, 0.25) is 0 Å². The molecule has 0 bridgehead atoms. The van der Waals surface area contributed by atoms with Crippen LogP contribution in [0.4, 0.5) is 8.78 Å². The molecule has 0 saturated carbocycles. The van der Waals surface area contributed by atoms with E-state index in [-0.39, 0.29) is 5.78 Å². The van der Waals surface area contributed by atoms with E-state index < -0.39 is 11.6 Å². The highest BCUT2D eigenvalue weighted by atomic mass is 19.2. The molecule has 0 atom stereocenters. The third kappa shape index (κ3) is 1.89. The molecular weight excluding hydrogens is 322 g/mol. The predicted molar refractivity (Wildman–Crippen MR) is 90.3 cm³/mol. The summed E-state index contributed by atoms with van der Waals surface area (Å²) in [6.45, 7) is 0. The molecule has 120 valence electrons. The Bertz CT molecular complexity index is 1150. The zero-order chi connectivity index (χ0) is 17.1. The molecule has 0 saturated heterocycles. The second-order valence-corrected chi connectivity index (χ2v) is 5.97. The second kappa shape index (κ2) is 4.83. The van der Waals surface area contributed by atoms with Crippen LogP contribution in [0.15, 0.2) is 54.6 Å². The number of benzene rings is 3. The van der Waals surface area contributed by atoms with Crippen LogP contribution in [0.2, 0.25) is 0 Å². The van der Waals surface area contributed by atoms with Crippen molar-refractivity contribution in [2.75, 3.05) is 0 Å².